The van der Waals surface area contributed by atoms with Gasteiger partial charge in [0.2, 0.25) is 12.4 Å². The summed E-state index contributed by atoms with van der Waals surface area (Å²) in [5.74, 6) is 0. The maximum atomic E-state index is 11.4. The number of hydrogen-bond acceptors (Lipinski definition) is 4. The second-order valence-electron chi connectivity index (χ2n) is 1.55. The summed E-state index contributed by atoms with van der Waals surface area (Å²) >= 11 is 0. The van der Waals surface area contributed by atoms with Gasteiger partial charge in [-0.25, -0.2) is 4.84 Å². The third kappa shape index (κ3) is 3.05. The Balaban J connectivity index is 0.00000121. The number of nitrogens with zero attached hydrogens (tertiary/aromatic N) is 3. The Morgan fingerprint density at radius 3 is 2.42 bits per heavy atom. The summed E-state index contributed by atoms with van der Waals surface area (Å²) in [5.41, 5.74) is 0. The number of hydrogen-bond donors (Lipinski definition) is 1. The van der Waals surface area contributed by atoms with E-state index in [9.17, 15) is 13.2 Å². The van der Waals surface area contributed by atoms with Crippen molar-refractivity contribution in [1.82, 2.24) is 10.1 Å². The molecule has 0 aromatic carbocycles. The Kier molecular flexibility index (Phi) is 2.85. The van der Waals surface area contributed by atoms with Gasteiger partial charge in [0.15, 0.2) is 5.21 Å². The fourth-order valence-corrected chi connectivity index (χ4v) is 0.421. The van der Waals surface area contributed by atoms with Gasteiger partial charge in [-0.05, 0) is 0 Å². The molecule has 0 atom stereocenters. The zero-order chi connectivity index (χ0) is 8.48. The molecule has 0 aliphatic heterocycles. The molecule has 0 bridgehead atoms. The summed E-state index contributed by atoms with van der Waals surface area (Å²) in [6, 6.07) is 0. The Hall–Kier alpha value is -1.51. The second kappa shape index (κ2) is 3.26. The van der Waals surface area contributed by atoms with Crippen molar-refractivity contribution in [3.63, 3.8) is 0 Å². The van der Waals surface area contributed by atoms with Gasteiger partial charge in [-0.2, -0.15) is 0 Å². The lowest BCUT2D eigenvalue weighted by molar-refractivity contribution is -0.950. The Morgan fingerprint density at radius 2 is 2.08 bits per heavy atom. The summed E-state index contributed by atoms with van der Waals surface area (Å²) in [7, 11) is 0. The van der Waals surface area contributed by atoms with Gasteiger partial charge < -0.3 is 10.7 Å². The Labute approximate surface area is 63.6 Å². The van der Waals surface area contributed by atoms with Gasteiger partial charge in [0.25, 0.3) is 0 Å². The van der Waals surface area contributed by atoms with Crippen LogP contribution in [0.3, 0.4) is 0 Å². The molecule has 1 aromatic heterocycles. The van der Waals surface area contributed by atoms with Crippen LogP contribution in [0.1, 0.15) is 0 Å². The van der Waals surface area contributed by atoms with E-state index < -0.39 is 6.36 Å². The molecule has 0 aliphatic rings. The molecule has 9 heteroatoms. The molecule has 2 N–H and O–H groups in total. The lowest BCUT2D eigenvalue weighted by atomic mass is 11.0. The van der Waals surface area contributed by atoms with Gasteiger partial charge in [0.1, 0.15) is 0 Å². The summed E-state index contributed by atoms with van der Waals surface area (Å²) < 4.78 is 34.1. The predicted octanol–water partition coefficient (Wildman–Crippen LogP) is -0.821. The van der Waals surface area contributed by atoms with Crippen LogP contribution in [-0.2, 0) is 0 Å². The van der Waals surface area contributed by atoms with Crippen LogP contribution in [0, 0.1) is 0 Å². The maximum Gasteiger partial charge on any atom is 0.610 e. The topological polar surface area (TPSA) is 81.2 Å². The first kappa shape index (κ1) is 10.5. The number of alkyl halides is 3. The van der Waals surface area contributed by atoms with Crippen molar-refractivity contribution >= 4 is 0 Å². The number of rotatable bonds is 1. The van der Waals surface area contributed by atoms with Gasteiger partial charge in [0.05, 0.1) is 9.69 Å². The lowest BCUT2D eigenvalue weighted by Crippen LogP contribution is -2.36. The normalized spacial score (nSPS) is 10.6. The minimum Gasteiger partial charge on any atom is -0.870 e. The fourth-order valence-electron chi connectivity index (χ4n) is 0.421. The average Bonchev–Trinajstić information content (AvgIpc) is 2.10. The molecule has 0 aliphatic carbocycles. The van der Waals surface area contributed by atoms with E-state index in [0.29, 0.717) is 0 Å². The van der Waals surface area contributed by atoms with Gasteiger partial charge in [-0.3, -0.25) is 0 Å². The third-order valence-electron chi connectivity index (χ3n) is 0.704. The van der Waals surface area contributed by atoms with Crippen molar-refractivity contribution in [2.24, 2.45) is 0 Å². The minimum atomic E-state index is -4.81. The Bertz CT molecular complexity index is 246. The Morgan fingerprint density at radius 1 is 1.50 bits per heavy atom. The number of halogens is 3. The van der Waals surface area contributed by atoms with Gasteiger partial charge in [-0.15, -0.1) is 13.2 Å². The van der Waals surface area contributed by atoms with E-state index in [0.717, 1.165) is 12.4 Å². The first-order valence-electron chi connectivity index (χ1n) is 2.40. The molecule has 0 fully saturated rings. The molecule has 0 unspecified atom stereocenters. The van der Waals surface area contributed by atoms with E-state index in [-0.39, 0.29) is 15.2 Å². The van der Waals surface area contributed by atoms with Crippen molar-refractivity contribution < 1.29 is 33.5 Å². The van der Waals surface area contributed by atoms with Gasteiger partial charge in [-0.1, -0.05) is 0 Å². The summed E-state index contributed by atoms with van der Waals surface area (Å²) in [4.78, 5) is 3.52. The van der Waals surface area contributed by atoms with Gasteiger partial charge in [0, 0.05) is 0 Å². The maximum absolute atomic E-state index is 11.4. The van der Waals surface area contributed by atoms with Crippen LogP contribution in [-0.4, -0.2) is 27.1 Å². The highest BCUT2D eigenvalue weighted by Gasteiger charge is 2.36. The standard InChI is InChI=1S/C3H3F3N3O2.H2O/c4-3(5,6)11-9-2-1-8(10)7-9;/h1-2H,(H,7,10);1H2/q+1;/p-1. The third-order valence-corrected chi connectivity index (χ3v) is 0.704. The molecule has 1 rings (SSSR count). The summed E-state index contributed by atoms with van der Waals surface area (Å²) in [5, 5.41) is 11.2. The molecular formula is C3H4F3N3O3. The van der Waals surface area contributed by atoms with Crippen LogP contribution in [0.5, 0.6) is 0 Å². The van der Waals surface area contributed by atoms with Crippen LogP contribution in [0.15, 0.2) is 12.4 Å². The number of aromatic nitrogens is 3. The van der Waals surface area contributed by atoms with Crippen LogP contribution in [0.25, 0.3) is 0 Å². The van der Waals surface area contributed by atoms with Crippen molar-refractivity contribution in [2.45, 2.75) is 6.36 Å². The molecule has 70 valence electrons. The van der Waals surface area contributed by atoms with Crippen LogP contribution in [0.4, 0.5) is 13.2 Å². The molecule has 6 nitrogen and oxygen atoms in total. The highest BCUT2D eigenvalue weighted by molar-refractivity contribution is 4.51. The van der Waals surface area contributed by atoms with E-state index in [2.05, 4.69) is 10.1 Å². The quantitative estimate of drug-likeness (QED) is 0.460. The molecule has 0 saturated carbocycles. The zero-order valence-corrected chi connectivity index (χ0v) is 5.43. The first-order valence-corrected chi connectivity index (χ1v) is 2.40. The molecule has 0 spiro atoms. The van der Waals surface area contributed by atoms with Crippen molar-refractivity contribution in [3.8, 4) is 0 Å². The SMILES string of the molecule is O[n+]1ccn(OC(F)(F)F)n1.[OH-]. The average molecular weight is 187 g/mol. The van der Waals surface area contributed by atoms with Crippen LogP contribution >= 0.6 is 0 Å². The summed E-state index contributed by atoms with van der Waals surface area (Å²) in [6.07, 6.45) is -3.13. The minimum absolute atomic E-state index is 0. The molecule has 12 heavy (non-hydrogen) atoms. The zero-order valence-electron chi connectivity index (χ0n) is 5.43. The van der Waals surface area contributed by atoms with Gasteiger partial charge >= 0.3 is 6.36 Å². The molecule has 0 amide bonds. The first-order chi connectivity index (χ1) is 4.97. The smallest absolute Gasteiger partial charge is 0.610 e. The van der Waals surface area contributed by atoms with E-state index >= 15 is 0 Å². The lowest BCUT2D eigenvalue weighted by Gasteiger charge is -1.98. The van der Waals surface area contributed by atoms with Crippen molar-refractivity contribution in [1.29, 1.82) is 0 Å². The van der Waals surface area contributed by atoms with Crippen molar-refractivity contribution in [3.05, 3.63) is 12.4 Å². The van der Waals surface area contributed by atoms with E-state index in [1.165, 1.54) is 0 Å². The summed E-state index contributed by atoms with van der Waals surface area (Å²) in [6.45, 7) is 0. The molecule has 0 radical (unpaired) electrons. The highest BCUT2D eigenvalue weighted by Crippen LogP contribution is 2.11. The monoisotopic (exact) mass is 187 g/mol. The van der Waals surface area contributed by atoms with Crippen LogP contribution in [0.2, 0.25) is 0 Å². The largest absolute Gasteiger partial charge is 0.870 e. The van der Waals surface area contributed by atoms with Crippen LogP contribution < -0.4 is 9.68 Å². The molecule has 0 saturated heterocycles. The van der Waals surface area contributed by atoms with E-state index in [4.69, 9.17) is 5.21 Å². The fraction of sp³-hybridized carbons (Fsp3) is 0.333. The highest BCUT2D eigenvalue weighted by atomic mass is 19.4. The molecule has 1 aromatic rings. The van der Waals surface area contributed by atoms with Crippen molar-refractivity contribution in [2.75, 3.05) is 0 Å². The molecular weight excluding hydrogens is 183 g/mol. The second-order valence-corrected chi connectivity index (χ2v) is 1.55. The van der Waals surface area contributed by atoms with E-state index in [1.54, 1.807) is 0 Å². The predicted molar refractivity (Wildman–Crippen MR) is 24.2 cm³/mol. The molecule has 1 heterocycles. The van der Waals surface area contributed by atoms with E-state index in [1.807, 2.05) is 0 Å².